The lowest BCUT2D eigenvalue weighted by molar-refractivity contribution is -0.384. The van der Waals surface area contributed by atoms with Gasteiger partial charge >= 0.3 is 0 Å². The Morgan fingerprint density at radius 1 is 1.24 bits per heavy atom. The molecule has 11 heteroatoms. The van der Waals surface area contributed by atoms with Gasteiger partial charge in [-0.3, -0.25) is 29.4 Å². The van der Waals surface area contributed by atoms with Gasteiger partial charge in [0, 0.05) is 6.07 Å². The molecular weight excluding hydrogens is 405 g/mol. The maximum atomic E-state index is 13.0. The van der Waals surface area contributed by atoms with E-state index >= 15 is 0 Å². The van der Waals surface area contributed by atoms with Gasteiger partial charge in [-0.2, -0.15) is 0 Å². The molecule has 1 saturated heterocycles. The molecule has 0 bridgehead atoms. The van der Waals surface area contributed by atoms with Crippen molar-refractivity contribution in [1.82, 2.24) is 4.90 Å². The molecule has 148 valence electrons. The summed E-state index contributed by atoms with van der Waals surface area (Å²) in [7, 11) is 0. The van der Waals surface area contributed by atoms with E-state index in [1.165, 1.54) is 30.3 Å². The molecule has 3 rings (SSSR count). The Bertz CT molecular complexity index is 1050. The standard InChI is InChI=1S/C18H12FN3O6S/c19-11-3-1-10(2-4-11)7-15-17(25)21(18(26)29-15)9-16(24)20-13-6-5-12(22(27)28)8-14(13)23/h1-8,23H,9H2,(H,20,24)/b15-7-. The van der Waals surface area contributed by atoms with Crippen LogP contribution >= 0.6 is 11.8 Å². The van der Waals surface area contributed by atoms with Crippen LogP contribution in [0.1, 0.15) is 5.56 Å². The third kappa shape index (κ3) is 4.58. The number of carbonyl (C=O) groups is 3. The van der Waals surface area contributed by atoms with Crippen LogP contribution in [0.15, 0.2) is 47.4 Å². The Kier molecular flexibility index (Phi) is 5.59. The average Bonchev–Trinajstić information content (AvgIpc) is 2.92. The summed E-state index contributed by atoms with van der Waals surface area (Å²) < 4.78 is 13.0. The number of thioether (sulfide) groups is 1. The van der Waals surface area contributed by atoms with Crippen molar-refractivity contribution in [1.29, 1.82) is 0 Å². The first-order valence-corrected chi connectivity index (χ1v) is 8.84. The molecule has 1 aliphatic rings. The summed E-state index contributed by atoms with van der Waals surface area (Å²) >= 11 is 0.638. The lowest BCUT2D eigenvalue weighted by atomic mass is 10.2. The summed E-state index contributed by atoms with van der Waals surface area (Å²) in [5.74, 6) is -2.44. The number of nitro benzene ring substituents is 1. The van der Waals surface area contributed by atoms with Gasteiger partial charge in [0.1, 0.15) is 18.1 Å². The van der Waals surface area contributed by atoms with Crippen molar-refractivity contribution in [3.8, 4) is 5.75 Å². The van der Waals surface area contributed by atoms with E-state index in [9.17, 15) is 34.0 Å². The third-order valence-corrected chi connectivity index (χ3v) is 4.72. The molecule has 0 saturated carbocycles. The van der Waals surface area contributed by atoms with E-state index in [0.717, 1.165) is 23.1 Å². The second-order valence-corrected chi connectivity index (χ2v) is 6.82. The maximum absolute atomic E-state index is 13.0. The fourth-order valence-electron chi connectivity index (χ4n) is 2.42. The number of rotatable bonds is 5. The van der Waals surface area contributed by atoms with Gasteiger partial charge in [-0.05, 0) is 41.6 Å². The molecule has 0 unspecified atom stereocenters. The van der Waals surface area contributed by atoms with Gasteiger partial charge < -0.3 is 10.4 Å². The molecule has 2 N–H and O–H groups in total. The van der Waals surface area contributed by atoms with E-state index in [0.29, 0.717) is 17.3 Å². The number of amides is 3. The van der Waals surface area contributed by atoms with Crippen LogP contribution < -0.4 is 5.32 Å². The molecular formula is C18H12FN3O6S. The molecule has 0 aromatic heterocycles. The van der Waals surface area contributed by atoms with Crippen molar-refractivity contribution in [3.05, 3.63) is 68.9 Å². The zero-order chi connectivity index (χ0) is 21.1. The van der Waals surface area contributed by atoms with Crippen LogP contribution in [0.5, 0.6) is 5.75 Å². The molecule has 9 nitrogen and oxygen atoms in total. The van der Waals surface area contributed by atoms with E-state index in [2.05, 4.69) is 5.32 Å². The van der Waals surface area contributed by atoms with Crippen LogP contribution in [0.4, 0.5) is 20.6 Å². The Hall–Kier alpha value is -3.73. The Balaban J connectivity index is 1.69. The minimum Gasteiger partial charge on any atom is -0.506 e. The van der Waals surface area contributed by atoms with Crippen LogP contribution in [-0.4, -0.2) is 38.5 Å². The molecule has 1 fully saturated rings. The number of nitrogens with one attached hydrogen (secondary N) is 1. The van der Waals surface area contributed by atoms with Crippen LogP contribution in [-0.2, 0) is 9.59 Å². The van der Waals surface area contributed by atoms with Gasteiger partial charge in [0.05, 0.1) is 21.6 Å². The van der Waals surface area contributed by atoms with Crippen LogP contribution in [0.25, 0.3) is 6.08 Å². The first kappa shape index (κ1) is 20.0. The number of phenols is 1. The van der Waals surface area contributed by atoms with E-state index in [1.54, 1.807) is 0 Å². The zero-order valence-electron chi connectivity index (χ0n) is 14.5. The molecule has 0 atom stereocenters. The fraction of sp³-hybridized carbons (Fsp3) is 0.0556. The summed E-state index contributed by atoms with van der Waals surface area (Å²) in [5.41, 5.74) is 0.0453. The van der Waals surface area contributed by atoms with Gasteiger partial charge in [0.25, 0.3) is 16.8 Å². The van der Waals surface area contributed by atoms with Crippen LogP contribution in [0, 0.1) is 15.9 Å². The lowest BCUT2D eigenvalue weighted by Gasteiger charge is -2.13. The third-order valence-electron chi connectivity index (χ3n) is 3.81. The molecule has 29 heavy (non-hydrogen) atoms. The number of aromatic hydroxyl groups is 1. The predicted octanol–water partition coefficient (Wildman–Crippen LogP) is 3.11. The fourth-order valence-corrected chi connectivity index (χ4v) is 3.26. The average molecular weight is 417 g/mol. The first-order valence-electron chi connectivity index (χ1n) is 8.03. The molecule has 0 radical (unpaired) electrons. The summed E-state index contributed by atoms with van der Waals surface area (Å²) in [6.45, 7) is -0.609. The van der Waals surface area contributed by atoms with E-state index < -0.39 is 40.1 Å². The summed E-state index contributed by atoms with van der Waals surface area (Å²) in [6.07, 6.45) is 1.41. The number of nitrogens with zero attached hydrogens (tertiary/aromatic N) is 2. The van der Waals surface area contributed by atoms with E-state index in [-0.39, 0.29) is 16.3 Å². The van der Waals surface area contributed by atoms with Crippen molar-refractivity contribution in [2.24, 2.45) is 0 Å². The number of anilines is 1. The largest absolute Gasteiger partial charge is 0.506 e. The second-order valence-electron chi connectivity index (χ2n) is 5.83. The monoisotopic (exact) mass is 417 g/mol. The Morgan fingerprint density at radius 2 is 1.93 bits per heavy atom. The smallest absolute Gasteiger partial charge is 0.294 e. The van der Waals surface area contributed by atoms with Gasteiger partial charge in [0.15, 0.2) is 0 Å². The molecule has 0 spiro atoms. The number of carbonyl (C=O) groups excluding carboxylic acids is 3. The normalized spacial score (nSPS) is 15.1. The SMILES string of the molecule is O=C(CN1C(=O)S/C(=C\c2ccc(F)cc2)C1=O)Nc1ccc([N+](=O)[O-])cc1O. The van der Waals surface area contributed by atoms with Crippen molar-refractivity contribution < 1.29 is 28.8 Å². The maximum Gasteiger partial charge on any atom is 0.294 e. The van der Waals surface area contributed by atoms with Crippen molar-refractivity contribution in [2.75, 3.05) is 11.9 Å². The highest BCUT2D eigenvalue weighted by Crippen LogP contribution is 2.32. The number of imide groups is 1. The van der Waals surface area contributed by atoms with Crippen LogP contribution in [0.2, 0.25) is 0 Å². The molecule has 1 aliphatic heterocycles. The highest BCUT2D eigenvalue weighted by Gasteiger charge is 2.36. The van der Waals surface area contributed by atoms with E-state index in [1.807, 2.05) is 0 Å². The predicted molar refractivity (Wildman–Crippen MR) is 102 cm³/mol. The minimum absolute atomic E-state index is 0.0765. The van der Waals surface area contributed by atoms with Crippen molar-refractivity contribution in [3.63, 3.8) is 0 Å². The molecule has 0 aliphatic carbocycles. The van der Waals surface area contributed by atoms with E-state index in [4.69, 9.17) is 0 Å². The Morgan fingerprint density at radius 3 is 2.55 bits per heavy atom. The molecule has 2 aromatic rings. The quantitative estimate of drug-likeness (QED) is 0.331. The topological polar surface area (TPSA) is 130 Å². The van der Waals surface area contributed by atoms with Crippen molar-refractivity contribution >= 4 is 46.3 Å². The van der Waals surface area contributed by atoms with Gasteiger partial charge in [-0.15, -0.1) is 0 Å². The summed E-state index contributed by atoms with van der Waals surface area (Å²) in [6, 6.07) is 8.37. The highest BCUT2D eigenvalue weighted by atomic mass is 32.2. The summed E-state index contributed by atoms with van der Waals surface area (Å²) in [5, 5.41) is 22.1. The zero-order valence-corrected chi connectivity index (χ0v) is 15.3. The van der Waals surface area contributed by atoms with Gasteiger partial charge in [0.2, 0.25) is 5.91 Å². The highest BCUT2D eigenvalue weighted by molar-refractivity contribution is 8.18. The van der Waals surface area contributed by atoms with Gasteiger partial charge in [-0.25, -0.2) is 4.39 Å². The Labute approximate surface area is 167 Å². The number of hydrogen-bond donors (Lipinski definition) is 2. The molecule has 2 aromatic carbocycles. The van der Waals surface area contributed by atoms with Gasteiger partial charge in [-0.1, -0.05) is 12.1 Å². The molecule has 3 amide bonds. The lowest BCUT2D eigenvalue weighted by Crippen LogP contribution is -2.36. The molecule has 1 heterocycles. The summed E-state index contributed by atoms with van der Waals surface area (Å²) in [4.78, 5) is 47.4. The number of nitro groups is 1. The number of hydrogen-bond acceptors (Lipinski definition) is 7. The number of non-ortho nitro benzene ring substituents is 1. The number of halogens is 1. The second kappa shape index (κ2) is 8.10. The first-order chi connectivity index (χ1) is 13.7. The number of phenolic OH excluding ortho intramolecular Hbond substituents is 1. The van der Waals surface area contributed by atoms with Crippen LogP contribution in [0.3, 0.4) is 0 Å². The number of benzene rings is 2. The van der Waals surface area contributed by atoms with Crippen molar-refractivity contribution in [2.45, 2.75) is 0 Å². The minimum atomic E-state index is -0.778.